The van der Waals surface area contributed by atoms with Gasteiger partial charge in [-0.15, -0.1) is 0 Å². The molecule has 0 fully saturated rings. The monoisotopic (exact) mass is 984 g/mol. The first-order chi connectivity index (χ1) is 37.0. The van der Waals surface area contributed by atoms with Crippen molar-refractivity contribution in [2.75, 3.05) is 9.80 Å². The molecule has 0 radical (unpaired) electrons. The molecule has 0 saturated carbocycles. The van der Waals surface area contributed by atoms with Crippen molar-refractivity contribution in [3.05, 3.63) is 287 Å². The largest absolute Gasteiger partial charge is 0.310 e. The van der Waals surface area contributed by atoms with Crippen molar-refractivity contribution in [3.8, 4) is 22.3 Å². The van der Waals surface area contributed by atoms with Crippen LogP contribution in [0.1, 0.15) is 72.2 Å². The molecule has 2 aliphatic rings. The molecule has 0 saturated heterocycles. The van der Waals surface area contributed by atoms with E-state index in [1.165, 1.54) is 68.8 Å². The second kappa shape index (κ2) is 18.4. The second-order valence-electron chi connectivity index (χ2n) is 21.3. The SMILES string of the molecule is CC1(C)c2cc(C=Cc3ccc(C=Cc4ccc5c(c4)C(C)(C)c4cc(N(c6ccc(F)cc6)c6cccc7ccccc67)ccc4-5)cc3)ccc2-c2ccc(N(c3ccc(F)cc3)c3cccc4ccccc34)cc21. The summed E-state index contributed by atoms with van der Waals surface area (Å²) in [5.41, 5.74) is 20.2. The molecule has 2 aliphatic carbocycles. The standard InChI is InChI=1S/C72H54F2N2/c1-71(2)65-43-49(27-39-61(65)63-41-37-57(45-67(63)71)75(55-33-29-53(73)30-34-55)69-17-9-13-51-11-5-7-15-59(51)69)25-23-47-19-21-48(22-20-47)24-26-50-28-40-62-64-42-38-58(46-68(64)72(3,4)66(62)44-50)76(56-35-31-54(74)32-36-56)70-18-10-14-52-12-6-8-16-60(52)70/h5-46H,1-4H3. The van der Waals surface area contributed by atoms with Crippen LogP contribution in [-0.2, 0) is 10.8 Å². The minimum atomic E-state index is -0.256. The van der Waals surface area contributed by atoms with Gasteiger partial charge < -0.3 is 9.80 Å². The molecular formula is C72H54F2N2. The van der Waals surface area contributed by atoms with Crippen molar-refractivity contribution >= 4 is 80.0 Å². The molecule has 2 nitrogen and oxygen atoms in total. The molecule has 0 aromatic heterocycles. The van der Waals surface area contributed by atoms with E-state index in [1.807, 2.05) is 24.3 Å². The number of anilines is 6. The van der Waals surface area contributed by atoms with Gasteiger partial charge in [-0.3, -0.25) is 0 Å². The number of halogens is 2. The molecule has 76 heavy (non-hydrogen) atoms. The lowest BCUT2D eigenvalue weighted by atomic mass is 9.81. The molecule has 11 aromatic rings. The van der Waals surface area contributed by atoms with Gasteiger partial charge in [0.25, 0.3) is 0 Å². The lowest BCUT2D eigenvalue weighted by Gasteiger charge is -2.29. The Morgan fingerprint density at radius 3 is 1.03 bits per heavy atom. The highest BCUT2D eigenvalue weighted by molar-refractivity contribution is 6.01. The minimum absolute atomic E-state index is 0.249. The van der Waals surface area contributed by atoms with E-state index in [0.29, 0.717) is 0 Å². The highest BCUT2D eigenvalue weighted by atomic mass is 19.1. The van der Waals surface area contributed by atoms with E-state index in [-0.39, 0.29) is 22.5 Å². The first-order valence-electron chi connectivity index (χ1n) is 26.1. The summed E-state index contributed by atoms with van der Waals surface area (Å²) in [6, 6.07) is 79.1. The Morgan fingerprint density at radius 1 is 0.303 bits per heavy atom. The third-order valence-corrected chi connectivity index (χ3v) is 15.9. The van der Waals surface area contributed by atoms with Crippen LogP contribution < -0.4 is 9.80 Å². The predicted molar refractivity (Wildman–Crippen MR) is 317 cm³/mol. The van der Waals surface area contributed by atoms with Gasteiger partial charge in [-0.2, -0.15) is 0 Å². The molecule has 366 valence electrons. The van der Waals surface area contributed by atoms with Gasteiger partial charge in [0.05, 0.1) is 11.4 Å². The molecule has 0 spiro atoms. The molecule has 0 heterocycles. The Bertz CT molecular complexity index is 3850. The van der Waals surface area contributed by atoms with E-state index in [1.54, 1.807) is 0 Å². The fraction of sp³-hybridized carbons (Fsp3) is 0.0833. The van der Waals surface area contributed by atoms with Gasteiger partial charge in [0.1, 0.15) is 11.6 Å². The maximum Gasteiger partial charge on any atom is 0.123 e. The van der Waals surface area contributed by atoms with Crippen LogP contribution in [0, 0.1) is 11.6 Å². The van der Waals surface area contributed by atoms with Crippen LogP contribution in [0.25, 0.3) is 68.1 Å². The lowest BCUT2D eigenvalue weighted by molar-refractivity contribution is 0.627. The average molecular weight is 985 g/mol. The van der Waals surface area contributed by atoms with Crippen LogP contribution in [0.3, 0.4) is 0 Å². The smallest absolute Gasteiger partial charge is 0.123 e. The summed E-state index contributed by atoms with van der Waals surface area (Å²) in [7, 11) is 0. The van der Waals surface area contributed by atoms with E-state index < -0.39 is 0 Å². The Kier molecular flexibility index (Phi) is 11.3. The summed E-state index contributed by atoms with van der Waals surface area (Å²) in [6.07, 6.45) is 8.81. The van der Waals surface area contributed by atoms with Gasteiger partial charge in [0, 0.05) is 44.4 Å². The maximum absolute atomic E-state index is 14.3. The number of hydrogen-bond donors (Lipinski definition) is 0. The van der Waals surface area contributed by atoms with Gasteiger partial charge in [0.2, 0.25) is 0 Å². The van der Waals surface area contributed by atoms with E-state index >= 15 is 0 Å². The van der Waals surface area contributed by atoms with Crippen molar-refractivity contribution in [3.63, 3.8) is 0 Å². The van der Waals surface area contributed by atoms with E-state index in [2.05, 4.69) is 244 Å². The van der Waals surface area contributed by atoms with E-state index in [9.17, 15) is 8.78 Å². The number of rotatable bonds is 10. The van der Waals surface area contributed by atoms with Crippen molar-refractivity contribution in [2.24, 2.45) is 0 Å². The molecule has 0 N–H and O–H groups in total. The summed E-state index contributed by atoms with van der Waals surface area (Å²) < 4.78 is 28.6. The molecule has 0 unspecified atom stereocenters. The Hall–Kier alpha value is -9.12. The highest BCUT2D eigenvalue weighted by Crippen LogP contribution is 2.53. The highest BCUT2D eigenvalue weighted by Gasteiger charge is 2.38. The summed E-state index contributed by atoms with van der Waals surface area (Å²) in [5, 5.41) is 4.57. The normalized spacial score (nSPS) is 13.8. The zero-order valence-corrected chi connectivity index (χ0v) is 42.9. The van der Waals surface area contributed by atoms with Crippen LogP contribution in [0.5, 0.6) is 0 Å². The Balaban J connectivity index is 0.728. The van der Waals surface area contributed by atoms with Crippen LogP contribution in [-0.4, -0.2) is 0 Å². The Labute approximate surface area is 443 Å². The van der Waals surface area contributed by atoms with Gasteiger partial charge in [0.15, 0.2) is 0 Å². The molecule has 0 amide bonds. The second-order valence-corrected chi connectivity index (χ2v) is 21.3. The first-order valence-corrected chi connectivity index (χ1v) is 26.1. The molecular weight excluding hydrogens is 931 g/mol. The van der Waals surface area contributed by atoms with Crippen LogP contribution >= 0.6 is 0 Å². The van der Waals surface area contributed by atoms with Crippen molar-refractivity contribution in [1.29, 1.82) is 0 Å². The average Bonchev–Trinajstić information content (AvgIpc) is 3.82. The molecule has 0 aliphatic heterocycles. The minimum Gasteiger partial charge on any atom is -0.310 e. The van der Waals surface area contributed by atoms with Crippen molar-refractivity contribution in [1.82, 2.24) is 0 Å². The summed E-state index contributed by atoms with van der Waals surface area (Å²) >= 11 is 0. The quantitative estimate of drug-likeness (QED) is 0.126. The number of fused-ring (bicyclic) bond motifs is 8. The number of benzene rings is 11. The lowest BCUT2D eigenvalue weighted by Crippen LogP contribution is -2.17. The van der Waals surface area contributed by atoms with Gasteiger partial charge in [-0.25, -0.2) is 8.78 Å². The van der Waals surface area contributed by atoms with Gasteiger partial charge in [-0.1, -0.05) is 198 Å². The summed E-state index contributed by atoms with van der Waals surface area (Å²) in [6.45, 7) is 9.27. The zero-order valence-electron chi connectivity index (χ0n) is 42.9. The third kappa shape index (κ3) is 8.09. The fourth-order valence-electron chi connectivity index (χ4n) is 11.9. The van der Waals surface area contributed by atoms with Gasteiger partial charge >= 0.3 is 0 Å². The van der Waals surface area contributed by atoms with E-state index in [0.717, 1.165) is 77.9 Å². The Morgan fingerprint density at radius 2 is 0.618 bits per heavy atom. The molecule has 4 heteroatoms. The third-order valence-electron chi connectivity index (χ3n) is 15.9. The maximum atomic E-state index is 14.3. The molecule has 13 rings (SSSR count). The fourth-order valence-corrected chi connectivity index (χ4v) is 11.9. The number of nitrogens with zero attached hydrogens (tertiary/aromatic N) is 2. The van der Waals surface area contributed by atoms with Crippen LogP contribution in [0.2, 0.25) is 0 Å². The van der Waals surface area contributed by atoms with Crippen molar-refractivity contribution in [2.45, 2.75) is 38.5 Å². The van der Waals surface area contributed by atoms with Crippen LogP contribution in [0.15, 0.2) is 231 Å². The topological polar surface area (TPSA) is 6.48 Å². The predicted octanol–water partition coefficient (Wildman–Crippen LogP) is 20.2. The zero-order chi connectivity index (χ0) is 51.7. The first kappa shape index (κ1) is 46.7. The van der Waals surface area contributed by atoms with E-state index in [4.69, 9.17) is 0 Å². The summed E-state index contributed by atoms with van der Waals surface area (Å²) in [4.78, 5) is 4.50. The van der Waals surface area contributed by atoms with Gasteiger partial charge in [-0.05, 0) is 162 Å². The molecule has 0 atom stereocenters. The molecule has 0 bridgehead atoms. The van der Waals surface area contributed by atoms with Crippen molar-refractivity contribution < 1.29 is 8.78 Å². The molecule has 11 aromatic carbocycles. The number of hydrogen-bond acceptors (Lipinski definition) is 2. The summed E-state index contributed by atoms with van der Waals surface area (Å²) in [5.74, 6) is -0.512. The van der Waals surface area contributed by atoms with Crippen LogP contribution in [0.4, 0.5) is 42.9 Å².